The van der Waals surface area contributed by atoms with Gasteiger partial charge in [-0.05, 0) is 47.5 Å². The van der Waals surface area contributed by atoms with Crippen LogP contribution in [0.15, 0.2) is 78.9 Å². The van der Waals surface area contributed by atoms with Gasteiger partial charge < -0.3 is 10.1 Å². The average molecular weight is 398 g/mol. The number of halogens is 2. The Balaban J connectivity index is 1.55. The van der Waals surface area contributed by atoms with Crippen LogP contribution in [0.25, 0.3) is 6.08 Å². The quantitative estimate of drug-likeness (QED) is 0.501. The third kappa shape index (κ3) is 5.88. The Morgan fingerprint density at radius 3 is 2.44 bits per heavy atom. The van der Waals surface area contributed by atoms with Gasteiger partial charge in [-0.3, -0.25) is 4.79 Å². The molecule has 3 aromatic rings. The summed E-state index contributed by atoms with van der Waals surface area (Å²) in [6, 6.07) is 22.4. The van der Waals surface area contributed by atoms with E-state index in [1.165, 1.54) is 6.08 Å². The van der Waals surface area contributed by atoms with Gasteiger partial charge in [0.15, 0.2) is 0 Å². The molecule has 3 rings (SSSR count). The highest BCUT2D eigenvalue weighted by atomic mass is 35.5. The summed E-state index contributed by atoms with van der Waals surface area (Å²) in [4.78, 5) is 12.1. The van der Waals surface area contributed by atoms with Gasteiger partial charge in [0.2, 0.25) is 5.91 Å². The number of carbonyl (C=O) groups excluding carboxylic acids is 1. The van der Waals surface area contributed by atoms with E-state index >= 15 is 0 Å². The Bertz CT molecular complexity index is 938. The van der Waals surface area contributed by atoms with E-state index in [1.807, 2.05) is 54.6 Å². The van der Waals surface area contributed by atoms with E-state index < -0.39 is 0 Å². The lowest BCUT2D eigenvalue weighted by Crippen LogP contribution is -2.08. The van der Waals surface area contributed by atoms with Crippen molar-refractivity contribution >= 4 is 40.9 Å². The standard InChI is InChI=1S/C22H17Cl2NO2/c23-18-9-12-20(24)21(14-18)25-22(26)13-8-16-6-10-19(11-7-16)27-15-17-4-2-1-3-5-17/h1-14H,15H2,(H,25,26)/b13-8+. The minimum absolute atomic E-state index is 0.288. The molecule has 5 heteroatoms. The highest BCUT2D eigenvalue weighted by Gasteiger charge is 2.04. The first-order chi connectivity index (χ1) is 13.1. The van der Waals surface area contributed by atoms with Crippen LogP contribution in [-0.4, -0.2) is 5.91 Å². The lowest BCUT2D eigenvalue weighted by molar-refractivity contribution is -0.111. The fraction of sp³-hybridized carbons (Fsp3) is 0.0455. The summed E-state index contributed by atoms with van der Waals surface area (Å²) >= 11 is 12.0. The number of amides is 1. The van der Waals surface area contributed by atoms with Crippen molar-refractivity contribution in [1.82, 2.24) is 0 Å². The molecular weight excluding hydrogens is 381 g/mol. The second kappa shape index (κ2) is 9.26. The lowest BCUT2D eigenvalue weighted by Gasteiger charge is -2.06. The molecule has 3 aromatic carbocycles. The number of anilines is 1. The van der Waals surface area contributed by atoms with E-state index in [-0.39, 0.29) is 5.91 Å². The SMILES string of the molecule is O=C(/C=C/c1ccc(OCc2ccccc2)cc1)Nc1cc(Cl)ccc1Cl. The van der Waals surface area contributed by atoms with Crippen LogP contribution >= 0.6 is 23.2 Å². The smallest absolute Gasteiger partial charge is 0.248 e. The minimum atomic E-state index is -0.288. The Kier molecular flexibility index (Phi) is 6.53. The summed E-state index contributed by atoms with van der Waals surface area (Å²) in [7, 11) is 0. The van der Waals surface area contributed by atoms with Crippen molar-refractivity contribution in [3.63, 3.8) is 0 Å². The zero-order valence-electron chi connectivity index (χ0n) is 14.4. The number of hydrogen-bond acceptors (Lipinski definition) is 2. The number of nitrogens with one attached hydrogen (secondary N) is 1. The number of ether oxygens (including phenoxy) is 1. The fourth-order valence-electron chi connectivity index (χ4n) is 2.36. The first-order valence-electron chi connectivity index (χ1n) is 8.31. The van der Waals surface area contributed by atoms with E-state index in [0.717, 1.165) is 16.9 Å². The van der Waals surface area contributed by atoms with Gasteiger partial charge in [0, 0.05) is 11.1 Å². The minimum Gasteiger partial charge on any atom is -0.489 e. The first kappa shape index (κ1) is 19.0. The maximum atomic E-state index is 12.1. The molecule has 1 amide bonds. The number of benzene rings is 3. The highest BCUT2D eigenvalue weighted by molar-refractivity contribution is 6.35. The molecule has 0 aliphatic rings. The predicted octanol–water partition coefficient (Wildman–Crippen LogP) is 6.22. The average Bonchev–Trinajstić information content (AvgIpc) is 2.69. The summed E-state index contributed by atoms with van der Waals surface area (Å²) in [5.74, 6) is 0.481. The van der Waals surface area contributed by atoms with Crippen LogP contribution in [0.2, 0.25) is 10.0 Å². The molecule has 0 radical (unpaired) electrons. The first-order valence-corrected chi connectivity index (χ1v) is 9.07. The van der Waals surface area contributed by atoms with Crippen LogP contribution < -0.4 is 10.1 Å². The zero-order valence-corrected chi connectivity index (χ0v) is 15.9. The van der Waals surface area contributed by atoms with Gasteiger partial charge in [-0.15, -0.1) is 0 Å². The second-order valence-corrected chi connectivity index (χ2v) is 6.63. The molecule has 0 aliphatic heterocycles. The molecule has 3 nitrogen and oxygen atoms in total. The molecular formula is C22H17Cl2NO2. The van der Waals surface area contributed by atoms with Crippen molar-refractivity contribution in [3.8, 4) is 5.75 Å². The molecule has 0 aliphatic carbocycles. The summed E-state index contributed by atoms with van der Waals surface area (Å²) in [5, 5.41) is 3.64. The third-order valence-corrected chi connectivity index (χ3v) is 4.31. The molecule has 0 saturated carbocycles. The van der Waals surface area contributed by atoms with Crippen LogP contribution in [-0.2, 0) is 11.4 Å². The molecule has 0 saturated heterocycles. The maximum Gasteiger partial charge on any atom is 0.248 e. The molecule has 0 heterocycles. The maximum absolute atomic E-state index is 12.1. The Hall–Kier alpha value is -2.75. The molecule has 27 heavy (non-hydrogen) atoms. The van der Waals surface area contributed by atoms with Gasteiger partial charge in [0.25, 0.3) is 0 Å². The molecule has 0 fully saturated rings. The zero-order chi connectivity index (χ0) is 19.1. The van der Waals surface area contributed by atoms with Gasteiger partial charge >= 0.3 is 0 Å². The van der Waals surface area contributed by atoms with Gasteiger partial charge in [-0.1, -0.05) is 65.7 Å². The van der Waals surface area contributed by atoms with Crippen molar-refractivity contribution in [3.05, 3.63) is 100 Å². The van der Waals surface area contributed by atoms with E-state index in [2.05, 4.69) is 5.32 Å². The summed E-state index contributed by atoms with van der Waals surface area (Å²) < 4.78 is 5.75. The summed E-state index contributed by atoms with van der Waals surface area (Å²) in [6.45, 7) is 0.513. The van der Waals surface area contributed by atoms with E-state index in [9.17, 15) is 4.79 Å². The van der Waals surface area contributed by atoms with Gasteiger partial charge in [-0.2, -0.15) is 0 Å². The molecule has 0 spiro atoms. The van der Waals surface area contributed by atoms with Gasteiger partial charge in [-0.25, -0.2) is 0 Å². The highest BCUT2D eigenvalue weighted by Crippen LogP contribution is 2.25. The molecule has 1 N–H and O–H groups in total. The predicted molar refractivity (Wildman–Crippen MR) is 111 cm³/mol. The van der Waals surface area contributed by atoms with Crippen LogP contribution in [0, 0.1) is 0 Å². The lowest BCUT2D eigenvalue weighted by atomic mass is 10.2. The van der Waals surface area contributed by atoms with Crippen LogP contribution in [0.1, 0.15) is 11.1 Å². The topological polar surface area (TPSA) is 38.3 Å². The molecule has 0 atom stereocenters. The number of rotatable bonds is 6. The molecule has 0 aromatic heterocycles. The number of carbonyl (C=O) groups is 1. The normalized spacial score (nSPS) is 10.7. The van der Waals surface area contributed by atoms with Crippen LogP contribution in [0.3, 0.4) is 0 Å². The van der Waals surface area contributed by atoms with E-state index in [1.54, 1.807) is 24.3 Å². The van der Waals surface area contributed by atoms with Crippen molar-refractivity contribution in [1.29, 1.82) is 0 Å². The Morgan fingerprint density at radius 2 is 1.70 bits per heavy atom. The number of hydrogen-bond donors (Lipinski definition) is 1. The third-order valence-electron chi connectivity index (χ3n) is 3.74. The van der Waals surface area contributed by atoms with E-state index in [4.69, 9.17) is 27.9 Å². The largest absolute Gasteiger partial charge is 0.489 e. The van der Waals surface area contributed by atoms with Crippen molar-refractivity contribution < 1.29 is 9.53 Å². The Labute approximate surface area is 168 Å². The van der Waals surface area contributed by atoms with Gasteiger partial charge in [0.05, 0.1) is 10.7 Å². The van der Waals surface area contributed by atoms with Crippen molar-refractivity contribution in [2.75, 3.05) is 5.32 Å². The van der Waals surface area contributed by atoms with E-state index in [0.29, 0.717) is 22.3 Å². The monoisotopic (exact) mass is 397 g/mol. The molecule has 0 unspecified atom stereocenters. The summed E-state index contributed by atoms with van der Waals surface area (Å²) in [5.41, 5.74) is 2.47. The van der Waals surface area contributed by atoms with Crippen molar-refractivity contribution in [2.24, 2.45) is 0 Å². The van der Waals surface area contributed by atoms with Crippen LogP contribution in [0.4, 0.5) is 5.69 Å². The fourth-order valence-corrected chi connectivity index (χ4v) is 2.69. The molecule has 0 bridgehead atoms. The van der Waals surface area contributed by atoms with Gasteiger partial charge in [0.1, 0.15) is 12.4 Å². The molecule has 136 valence electrons. The van der Waals surface area contributed by atoms with Crippen LogP contribution in [0.5, 0.6) is 5.75 Å². The second-order valence-electron chi connectivity index (χ2n) is 5.79. The Morgan fingerprint density at radius 1 is 0.963 bits per heavy atom. The summed E-state index contributed by atoms with van der Waals surface area (Å²) in [6.07, 6.45) is 3.16. The van der Waals surface area contributed by atoms with Crippen molar-refractivity contribution in [2.45, 2.75) is 6.61 Å².